The van der Waals surface area contributed by atoms with E-state index in [4.69, 9.17) is 9.47 Å². The molecule has 1 aliphatic heterocycles. The molecule has 3 amide bonds. The van der Waals surface area contributed by atoms with Gasteiger partial charge in [0, 0.05) is 29.6 Å². The van der Waals surface area contributed by atoms with E-state index in [1.54, 1.807) is 19.1 Å². The third-order valence-corrected chi connectivity index (χ3v) is 7.15. The fourth-order valence-electron chi connectivity index (χ4n) is 4.82. The third-order valence-electron chi connectivity index (χ3n) is 7.15. The molecule has 4 unspecified atom stereocenters. The van der Waals surface area contributed by atoms with Gasteiger partial charge in [-0.15, -0.1) is 0 Å². The molecule has 2 heterocycles. The first-order valence-electron chi connectivity index (χ1n) is 14.4. The number of ether oxygens (including phenoxy) is 2. The molecule has 11 heteroatoms. The second-order valence-electron chi connectivity index (χ2n) is 10.7. The van der Waals surface area contributed by atoms with Crippen molar-refractivity contribution in [2.75, 3.05) is 13.2 Å². The van der Waals surface area contributed by atoms with Gasteiger partial charge in [0.2, 0.25) is 11.8 Å². The lowest BCUT2D eigenvalue weighted by Gasteiger charge is -2.24. The van der Waals surface area contributed by atoms with Crippen LogP contribution >= 0.6 is 0 Å². The molecule has 0 radical (unpaired) electrons. The smallest absolute Gasteiger partial charge is 0.408 e. The summed E-state index contributed by atoms with van der Waals surface area (Å²) in [4.78, 5) is 54.9. The van der Waals surface area contributed by atoms with Gasteiger partial charge in [0.05, 0.1) is 18.6 Å². The minimum atomic E-state index is -1.02. The highest BCUT2D eigenvalue weighted by Gasteiger charge is 2.28. The summed E-state index contributed by atoms with van der Waals surface area (Å²) >= 11 is 0. The van der Waals surface area contributed by atoms with Gasteiger partial charge < -0.3 is 35.5 Å². The molecule has 1 aromatic heterocycles. The highest BCUT2D eigenvalue weighted by Crippen LogP contribution is 2.20. The minimum Gasteiger partial charge on any atom is -0.462 e. The standard InChI is InChI=1S/C32H38N4O7/c1-21(18-37)34-29(38)16-23-11-5-7-14-28(36-32(41)43-19-22-9-3-2-4-10-22)31(40)42-20-25(35-30(23)39)15-24-17-33-27-13-8-6-12-26(24)27/h2-10,12-13,17,21,23,25,28,33,37H,11,14-16,18-20H2,1H3,(H,34,38)(H,35,39)(H,36,41). The Balaban J connectivity index is 1.50. The molecule has 0 saturated heterocycles. The van der Waals surface area contributed by atoms with Crippen LogP contribution in [0.25, 0.3) is 10.9 Å². The van der Waals surface area contributed by atoms with Gasteiger partial charge in [0.25, 0.3) is 0 Å². The van der Waals surface area contributed by atoms with Crippen molar-refractivity contribution < 1.29 is 33.8 Å². The lowest BCUT2D eigenvalue weighted by atomic mass is 9.97. The molecule has 0 saturated carbocycles. The number of H-pyrrole nitrogens is 1. The number of carbonyl (C=O) groups is 4. The van der Waals surface area contributed by atoms with Crippen molar-refractivity contribution in [2.45, 2.75) is 57.3 Å². The molecule has 5 N–H and O–H groups in total. The van der Waals surface area contributed by atoms with Crippen molar-refractivity contribution in [1.82, 2.24) is 20.9 Å². The molecule has 2 aromatic carbocycles. The van der Waals surface area contributed by atoms with Gasteiger partial charge >= 0.3 is 12.1 Å². The predicted octanol–water partition coefficient (Wildman–Crippen LogP) is 2.89. The van der Waals surface area contributed by atoms with Gasteiger partial charge in [-0.3, -0.25) is 9.59 Å². The van der Waals surface area contributed by atoms with Crippen LogP contribution in [-0.2, 0) is 36.9 Å². The number of esters is 1. The van der Waals surface area contributed by atoms with Crippen LogP contribution in [0.1, 0.15) is 37.3 Å². The molecule has 43 heavy (non-hydrogen) atoms. The van der Waals surface area contributed by atoms with E-state index < -0.39 is 36.1 Å². The average molecular weight is 591 g/mol. The number of aromatic amines is 1. The van der Waals surface area contributed by atoms with Gasteiger partial charge in [-0.2, -0.15) is 0 Å². The number of hydrogen-bond acceptors (Lipinski definition) is 7. The summed E-state index contributed by atoms with van der Waals surface area (Å²) in [5.41, 5.74) is 2.66. The number of nitrogens with one attached hydrogen (secondary N) is 4. The quantitative estimate of drug-likeness (QED) is 0.189. The summed E-state index contributed by atoms with van der Waals surface area (Å²) in [5.74, 6) is -2.07. The summed E-state index contributed by atoms with van der Waals surface area (Å²) in [6.45, 7) is 1.35. The number of aliphatic hydroxyl groups excluding tert-OH is 1. The Bertz CT molecular complexity index is 1420. The maximum Gasteiger partial charge on any atom is 0.408 e. The predicted molar refractivity (Wildman–Crippen MR) is 160 cm³/mol. The molecule has 11 nitrogen and oxygen atoms in total. The lowest BCUT2D eigenvalue weighted by molar-refractivity contribution is -0.147. The molecule has 228 valence electrons. The number of benzene rings is 2. The number of aromatic nitrogens is 1. The minimum absolute atomic E-state index is 0.0433. The van der Waals surface area contributed by atoms with Crippen LogP contribution in [0, 0.1) is 5.92 Å². The molecule has 0 spiro atoms. The molecular weight excluding hydrogens is 552 g/mol. The Morgan fingerprint density at radius 2 is 1.81 bits per heavy atom. The summed E-state index contributed by atoms with van der Waals surface area (Å²) in [6.07, 6.45) is 5.07. The highest BCUT2D eigenvalue weighted by molar-refractivity contribution is 5.87. The summed E-state index contributed by atoms with van der Waals surface area (Å²) < 4.78 is 10.9. The lowest BCUT2D eigenvalue weighted by Crippen LogP contribution is -2.47. The molecule has 4 atom stereocenters. The van der Waals surface area contributed by atoms with Gasteiger partial charge in [-0.1, -0.05) is 60.7 Å². The van der Waals surface area contributed by atoms with E-state index in [1.807, 2.05) is 60.8 Å². The number of allylic oxidation sites excluding steroid dienone is 1. The maximum absolute atomic E-state index is 13.4. The van der Waals surface area contributed by atoms with Crippen LogP contribution in [0.3, 0.4) is 0 Å². The van der Waals surface area contributed by atoms with E-state index in [0.29, 0.717) is 6.42 Å². The number of cyclic esters (lactones) is 1. The molecule has 4 rings (SSSR count). The molecule has 0 aliphatic carbocycles. The van der Waals surface area contributed by atoms with Gasteiger partial charge in [-0.05, 0) is 43.4 Å². The Morgan fingerprint density at radius 1 is 1.07 bits per heavy atom. The number of alkyl carbamates (subject to hydrolysis) is 1. The van der Waals surface area contributed by atoms with Crippen LogP contribution in [-0.4, -0.2) is 65.3 Å². The van der Waals surface area contributed by atoms with Crippen molar-refractivity contribution in [1.29, 1.82) is 0 Å². The van der Waals surface area contributed by atoms with Crippen molar-refractivity contribution >= 4 is 34.8 Å². The van der Waals surface area contributed by atoms with Crippen molar-refractivity contribution in [3.05, 3.63) is 84.1 Å². The van der Waals surface area contributed by atoms with Crippen molar-refractivity contribution in [2.24, 2.45) is 5.92 Å². The zero-order chi connectivity index (χ0) is 30.6. The Hall–Kier alpha value is -4.64. The van der Waals surface area contributed by atoms with Crippen LogP contribution in [0.5, 0.6) is 0 Å². The first kappa shape index (κ1) is 31.3. The van der Waals surface area contributed by atoms with E-state index in [-0.39, 0.29) is 50.9 Å². The van der Waals surface area contributed by atoms with Crippen LogP contribution in [0.15, 0.2) is 72.9 Å². The highest BCUT2D eigenvalue weighted by atomic mass is 16.6. The van der Waals surface area contributed by atoms with Gasteiger partial charge in [0.1, 0.15) is 19.3 Å². The van der Waals surface area contributed by atoms with Gasteiger partial charge in [-0.25, -0.2) is 9.59 Å². The van der Waals surface area contributed by atoms with E-state index in [0.717, 1.165) is 22.0 Å². The Labute approximate surface area is 250 Å². The van der Waals surface area contributed by atoms with E-state index >= 15 is 0 Å². The molecule has 1 aliphatic rings. The zero-order valence-corrected chi connectivity index (χ0v) is 24.1. The number of fused-ring (bicyclic) bond motifs is 1. The topological polar surface area (TPSA) is 159 Å². The van der Waals surface area contributed by atoms with E-state index in [2.05, 4.69) is 20.9 Å². The largest absolute Gasteiger partial charge is 0.462 e. The molecule has 0 bridgehead atoms. The first-order valence-corrected chi connectivity index (χ1v) is 14.4. The Kier molecular flexibility index (Phi) is 11.3. The monoisotopic (exact) mass is 590 g/mol. The van der Waals surface area contributed by atoms with Crippen LogP contribution in [0.2, 0.25) is 0 Å². The van der Waals surface area contributed by atoms with Crippen molar-refractivity contribution in [3.8, 4) is 0 Å². The first-order chi connectivity index (χ1) is 20.8. The van der Waals surface area contributed by atoms with E-state index in [1.165, 1.54) is 0 Å². The fraction of sp³-hybridized carbons (Fsp3) is 0.375. The average Bonchev–Trinajstić information content (AvgIpc) is 3.41. The normalized spacial score (nSPS) is 20.2. The summed E-state index contributed by atoms with van der Waals surface area (Å²) in [6, 6.07) is 14.8. The molecular formula is C32H38N4O7. The number of hydrogen-bond donors (Lipinski definition) is 5. The number of carbonyl (C=O) groups excluding carboxylic acids is 4. The van der Waals surface area contributed by atoms with Crippen LogP contribution in [0.4, 0.5) is 4.79 Å². The van der Waals surface area contributed by atoms with Crippen LogP contribution < -0.4 is 16.0 Å². The number of aliphatic hydroxyl groups is 1. The maximum atomic E-state index is 13.4. The second kappa shape index (κ2) is 15.5. The zero-order valence-electron chi connectivity index (χ0n) is 24.1. The SMILES string of the molecule is CC(CO)NC(=O)CC1CC=CCC(NC(=O)OCc2ccccc2)C(=O)OCC(Cc2c[nH]c3ccccc23)NC1=O. The third kappa shape index (κ3) is 9.44. The molecule has 0 fully saturated rings. The Morgan fingerprint density at radius 3 is 2.60 bits per heavy atom. The van der Waals surface area contributed by atoms with E-state index in [9.17, 15) is 24.3 Å². The number of rotatable bonds is 9. The second-order valence-corrected chi connectivity index (χ2v) is 10.7. The number of para-hydroxylation sites is 1. The summed E-state index contributed by atoms with van der Waals surface area (Å²) in [7, 11) is 0. The van der Waals surface area contributed by atoms with Crippen molar-refractivity contribution in [3.63, 3.8) is 0 Å². The number of amides is 3. The summed E-state index contributed by atoms with van der Waals surface area (Å²) in [5, 5.41) is 18.5. The molecule has 3 aromatic rings. The fourth-order valence-corrected chi connectivity index (χ4v) is 4.82. The van der Waals surface area contributed by atoms with Gasteiger partial charge in [0.15, 0.2) is 0 Å².